The van der Waals surface area contributed by atoms with Crippen molar-refractivity contribution in [1.82, 2.24) is 4.57 Å². The van der Waals surface area contributed by atoms with E-state index in [-0.39, 0.29) is 0 Å². The molecule has 88 valence electrons. The third-order valence-electron chi connectivity index (χ3n) is 2.48. The predicted molar refractivity (Wildman–Crippen MR) is 66.8 cm³/mol. The standard InChI is InChI=1S/C12H20N3S/c1-16-12-15-10-9-14(11-15)8-6-4-2-3-5-7-13/h9-11H,2-6,8,12H2,1H3/q+1. The lowest BCUT2D eigenvalue weighted by atomic mass is 10.1. The van der Waals surface area contributed by atoms with E-state index in [0.29, 0.717) is 6.42 Å². The van der Waals surface area contributed by atoms with E-state index in [1.807, 2.05) is 11.8 Å². The van der Waals surface area contributed by atoms with Crippen LogP contribution in [0.15, 0.2) is 18.7 Å². The molecule has 4 heteroatoms. The number of nitrogens with zero attached hydrogens (tertiary/aromatic N) is 3. The van der Waals surface area contributed by atoms with Gasteiger partial charge in [-0.25, -0.2) is 9.13 Å². The molecule has 0 radical (unpaired) electrons. The monoisotopic (exact) mass is 238 g/mol. The van der Waals surface area contributed by atoms with Gasteiger partial charge in [0.2, 0.25) is 6.33 Å². The van der Waals surface area contributed by atoms with E-state index in [1.165, 1.54) is 19.3 Å². The van der Waals surface area contributed by atoms with Crippen molar-refractivity contribution in [3.8, 4) is 6.07 Å². The molecule has 0 N–H and O–H groups in total. The Morgan fingerprint density at radius 1 is 1.31 bits per heavy atom. The SMILES string of the molecule is CSC[n+]1ccn(CCCCCCC#N)c1. The molecule has 0 aromatic carbocycles. The molecule has 0 aliphatic carbocycles. The topological polar surface area (TPSA) is 32.6 Å². The number of hydrogen-bond acceptors (Lipinski definition) is 2. The average Bonchev–Trinajstić information content (AvgIpc) is 2.72. The van der Waals surface area contributed by atoms with E-state index < -0.39 is 0 Å². The summed E-state index contributed by atoms with van der Waals surface area (Å²) in [5.41, 5.74) is 0. The van der Waals surface area contributed by atoms with E-state index >= 15 is 0 Å². The van der Waals surface area contributed by atoms with Gasteiger partial charge in [-0.05, 0) is 25.5 Å². The Bertz CT molecular complexity index is 327. The van der Waals surface area contributed by atoms with Crippen LogP contribution in [0, 0.1) is 11.3 Å². The van der Waals surface area contributed by atoms with Crippen molar-refractivity contribution >= 4 is 11.8 Å². The fourth-order valence-corrected chi connectivity index (χ4v) is 2.10. The summed E-state index contributed by atoms with van der Waals surface area (Å²) >= 11 is 1.82. The van der Waals surface area contributed by atoms with Crippen molar-refractivity contribution in [3.63, 3.8) is 0 Å². The van der Waals surface area contributed by atoms with Crippen LogP contribution in [0.1, 0.15) is 32.1 Å². The van der Waals surface area contributed by atoms with E-state index in [2.05, 4.69) is 40.2 Å². The van der Waals surface area contributed by atoms with Crippen molar-refractivity contribution in [2.45, 2.75) is 44.5 Å². The molecule has 0 amide bonds. The van der Waals surface area contributed by atoms with E-state index in [4.69, 9.17) is 5.26 Å². The van der Waals surface area contributed by atoms with Crippen LogP contribution in [0.3, 0.4) is 0 Å². The highest BCUT2D eigenvalue weighted by atomic mass is 32.2. The minimum Gasteiger partial charge on any atom is -0.237 e. The van der Waals surface area contributed by atoms with E-state index in [0.717, 1.165) is 18.8 Å². The van der Waals surface area contributed by atoms with Crippen molar-refractivity contribution < 1.29 is 4.57 Å². The highest BCUT2D eigenvalue weighted by molar-refractivity contribution is 7.97. The number of nitriles is 1. The number of hydrogen-bond donors (Lipinski definition) is 0. The molecule has 3 nitrogen and oxygen atoms in total. The summed E-state index contributed by atoms with van der Waals surface area (Å²) in [6.45, 7) is 1.09. The fourth-order valence-electron chi connectivity index (χ4n) is 1.65. The third-order valence-corrected chi connectivity index (χ3v) is 3.04. The molecule has 0 atom stereocenters. The molecule has 0 saturated heterocycles. The molecule has 0 spiro atoms. The van der Waals surface area contributed by atoms with Gasteiger partial charge in [0.05, 0.1) is 12.6 Å². The summed E-state index contributed by atoms with van der Waals surface area (Å²) in [7, 11) is 0. The van der Waals surface area contributed by atoms with Gasteiger partial charge in [0, 0.05) is 6.42 Å². The lowest BCUT2D eigenvalue weighted by Crippen LogP contribution is -2.28. The molecule has 0 unspecified atom stereocenters. The smallest absolute Gasteiger partial charge is 0.237 e. The molecule has 1 aromatic heterocycles. The number of rotatable bonds is 8. The second-order valence-electron chi connectivity index (χ2n) is 3.91. The minimum absolute atomic E-state index is 0.706. The first-order chi connectivity index (χ1) is 7.86. The third kappa shape index (κ3) is 5.22. The Morgan fingerprint density at radius 3 is 2.88 bits per heavy atom. The largest absolute Gasteiger partial charge is 0.244 e. The zero-order valence-electron chi connectivity index (χ0n) is 9.93. The zero-order chi connectivity index (χ0) is 11.6. The first kappa shape index (κ1) is 13.1. The normalized spacial score (nSPS) is 10.2. The molecule has 0 saturated carbocycles. The maximum absolute atomic E-state index is 8.40. The van der Waals surface area contributed by atoms with Gasteiger partial charge < -0.3 is 0 Å². The summed E-state index contributed by atoms with van der Waals surface area (Å²) in [6, 6.07) is 2.18. The van der Waals surface area contributed by atoms with Crippen LogP contribution in [0.2, 0.25) is 0 Å². The number of aromatic nitrogens is 2. The van der Waals surface area contributed by atoms with Gasteiger partial charge in [-0.15, -0.1) is 11.8 Å². The molecule has 0 aliphatic rings. The van der Waals surface area contributed by atoms with E-state index in [9.17, 15) is 0 Å². The highest BCUT2D eigenvalue weighted by Crippen LogP contribution is 2.03. The highest BCUT2D eigenvalue weighted by Gasteiger charge is 2.01. The van der Waals surface area contributed by atoms with Crippen molar-refractivity contribution in [2.75, 3.05) is 6.26 Å². The molecule has 0 aliphatic heterocycles. The number of unbranched alkanes of at least 4 members (excludes halogenated alkanes) is 4. The Morgan fingerprint density at radius 2 is 2.12 bits per heavy atom. The maximum Gasteiger partial charge on any atom is 0.244 e. The van der Waals surface area contributed by atoms with Crippen molar-refractivity contribution in [3.05, 3.63) is 18.7 Å². The molecule has 1 rings (SSSR count). The second kappa shape index (κ2) is 8.23. The Kier molecular flexibility index (Phi) is 6.75. The van der Waals surface area contributed by atoms with Crippen LogP contribution in [0.4, 0.5) is 0 Å². The Hall–Kier alpha value is -0.950. The molecule has 0 bridgehead atoms. The van der Waals surface area contributed by atoms with Gasteiger partial charge in [-0.3, -0.25) is 0 Å². The van der Waals surface area contributed by atoms with Crippen LogP contribution < -0.4 is 4.57 Å². The summed E-state index contributed by atoms with van der Waals surface area (Å²) in [6.07, 6.45) is 13.9. The molecular weight excluding hydrogens is 218 g/mol. The maximum atomic E-state index is 8.40. The van der Waals surface area contributed by atoms with Gasteiger partial charge in [0.25, 0.3) is 0 Å². The number of imidazole rings is 1. The van der Waals surface area contributed by atoms with Crippen LogP contribution in [-0.4, -0.2) is 10.8 Å². The van der Waals surface area contributed by atoms with Gasteiger partial charge in [0.1, 0.15) is 18.3 Å². The summed E-state index contributed by atoms with van der Waals surface area (Å²) in [5, 5.41) is 8.40. The van der Waals surface area contributed by atoms with Crippen molar-refractivity contribution in [1.29, 1.82) is 5.26 Å². The van der Waals surface area contributed by atoms with Gasteiger partial charge in [-0.2, -0.15) is 5.26 Å². The van der Waals surface area contributed by atoms with Crippen LogP contribution in [0.25, 0.3) is 0 Å². The summed E-state index contributed by atoms with van der Waals surface area (Å²) in [4.78, 5) is 0. The first-order valence-electron chi connectivity index (χ1n) is 5.77. The molecule has 1 heterocycles. The summed E-state index contributed by atoms with van der Waals surface area (Å²) in [5.74, 6) is 1.02. The Labute approximate surface area is 102 Å². The van der Waals surface area contributed by atoms with E-state index in [1.54, 1.807) is 0 Å². The molecule has 1 aromatic rings. The molecule has 16 heavy (non-hydrogen) atoms. The average molecular weight is 238 g/mol. The van der Waals surface area contributed by atoms with Gasteiger partial charge >= 0.3 is 0 Å². The van der Waals surface area contributed by atoms with Gasteiger partial charge in [0.15, 0.2) is 0 Å². The molecular formula is C12H20N3S+. The van der Waals surface area contributed by atoms with Crippen LogP contribution >= 0.6 is 11.8 Å². The quantitative estimate of drug-likeness (QED) is 0.515. The fraction of sp³-hybridized carbons (Fsp3) is 0.667. The Balaban J connectivity index is 2.10. The molecule has 0 fully saturated rings. The lowest BCUT2D eigenvalue weighted by molar-refractivity contribution is -0.675. The second-order valence-corrected chi connectivity index (χ2v) is 4.74. The van der Waals surface area contributed by atoms with Gasteiger partial charge in [-0.1, -0.05) is 6.42 Å². The lowest BCUT2D eigenvalue weighted by Gasteiger charge is -1.97. The van der Waals surface area contributed by atoms with Crippen LogP contribution in [0.5, 0.6) is 0 Å². The number of thioether (sulfide) groups is 1. The number of aryl methyl sites for hydroxylation is 1. The zero-order valence-corrected chi connectivity index (χ0v) is 10.7. The minimum atomic E-state index is 0.706. The predicted octanol–water partition coefficient (Wildman–Crippen LogP) is 2.57. The summed E-state index contributed by atoms with van der Waals surface area (Å²) < 4.78 is 4.43. The first-order valence-corrected chi connectivity index (χ1v) is 7.17. The van der Waals surface area contributed by atoms with Crippen molar-refractivity contribution in [2.24, 2.45) is 0 Å². The van der Waals surface area contributed by atoms with Crippen LogP contribution in [-0.2, 0) is 12.4 Å².